The molecule has 2 rings (SSSR count). The molecule has 0 amide bonds. The number of hydrogen-bond donors (Lipinski definition) is 0. The lowest BCUT2D eigenvalue weighted by Gasteiger charge is -2.19. The molecule has 0 saturated heterocycles. The zero-order valence-corrected chi connectivity index (χ0v) is 15.1. The number of aryl methyl sites for hydroxylation is 1. The van der Waals surface area contributed by atoms with E-state index >= 15 is 0 Å². The standard InChI is InChI=1S/C17H22ClN3O3/c1-12-7-5-6-8-13(12)14-19-16(24-10-9-23-4)20-21(14)15(22)17(2,3)11-18/h5-8H,9-11H2,1-4H3. The molecule has 2 aromatic rings. The van der Waals surface area contributed by atoms with Crippen molar-refractivity contribution in [1.29, 1.82) is 0 Å². The first kappa shape index (κ1) is 18.4. The smallest absolute Gasteiger partial charge is 0.336 e. The highest BCUT2D eigenvalue weighted by Gasteiger charge is 2.32. The summed E-state index contributed by atoms with van der Waals surface area (Å²) < 4.78 is 11.7. The summed E-state index contributed by atoms with van der Waals surface area (Å²) in [5, 5.41) is 4.23. The number of benzene rings is 1. The molecule has 0 fully saturated rings. The average molecular weight is 352 g/mol. The minimum absolute atomic E-state index is 0.143. The predicted octanol–water partition coefficient (Wildman–Crippen LogP) is 3.18. The lowest BCUT2D eigenvalue weighted by molar-refractivity contribution is 0.0751. The second kappa shape index (κ2) is 7.77. The van der Waals surface area contributed by atoms with Crippen LogP contribution in [-0.4, -0.2) is 46.9 Å². The highest BCUT2D eigenvalue weighted by molar-refractivity contribution is 6.20. The van der Waals surface area contributed by atoms with Crippen molar-refractivity contribution >= 4 is 17.5 Å². The van der Waals surface area contributed by atoms with Crippen molar-refractivity contribution in [3.05, 3.63) is 29.8 Å². The average Bonchev–Trinajstić information content (AvgIpc) is 2.98. The second-order valence-electron chi connectivity index (χ2n) is 6.11. The van der Waals surface area contributed by atoms with Crippen molar-refractivity contribution in [3.8, 4) is 17.4 Å². The van der Waals surface area contributed by atoms with Crippen LogP contribution < -0.4 is 4.74 Å². The maximum Gasteiger partial charge on any atom is 0.336 e. The Balaban J connectivity index is 2.47. The van der Waals surface area contributed by atoms with E-state index in [1.165, 1.54) is 4.68 Å². The van der Waals surface area contributed by atoms with E-state index in [0.717, 1.165) is 11.1 Å². The number of ether oxygens (including phenoxy) is 2. The van der Waals surface area contributed by atoms with Gasteiger partial charge in [0.1, 0.15) is 6.61 Å². The van der Waals surface area contributed by atoms with Crippen molar-refractivity contribution in [2.45, 2.75) is 20.8 Å². The molecule has 6 nitrogen and oxygen atoms in total. The van der Waals surface area contributed by atoms with Gasteiger partial charge in [-0.2, -0.15) is 9.67 Å². The maximum absolute atomic E-state index is 12.8. The first-order valence-corrected chi connectivity index (χ1v) is 8.19. The number of alkyl halides is 1. The lowest BCUT2D eigenvalue weighted by Crippen LogP contribution is -2.32. The van der Waals surface area contributed by atoms with E-state index < -0.39 is 5.41 Å². The Morgan fingerprint density at radius 2 is 2.00 bits per heavy atom. The van der Waals surface area contributed by atoms with Crippen molar-refractivity contribution in [3.63, 3.8) is 0 Å². The van der Waals surface area contributed by atoms with Crippen molar-refractivity contribution in [1.82, 2.24) is 14.8 Å². The van der Waals surface area contributed by atoms with Gasteiger partial charge in [0.15, 0.2) is 5.82 Å². The van der Waals surface area contributed by atoms with Crippen LogP contribution in [-0.2, 0) is 4.74 Å². The molecule has 1 aromatic carbocycles. The van der Waals surface area contributed by atoms with Gasteiger partial charge >= 0.3 is 6.01 Å². The Labute approximate surface area is 146 Å². The third-order valence-electron chi connectivity index (χ3n) is 3.60. The Hall–Kier alpha value is -1.92. The summed E-state index contributed by atoms with van der Waals surface area (Å²) in [6, 6.07) is 7.82. The minimum atomic E-state index is -0.767. The normalized spacial score (nSPS) is 11.5. The van der Waals surface area contributed by atoms with Gasteiger partial charge in [0.25, 0.3) is 5.91 Å². The van der Waals surface area contributed by atoms with Gasteiger partial charge < -0.3 is 9.47 Å². The molecule has 0 aliphatic rings. The molecule has 1 heterocycles. The van der Waals surface area contributed by atoms with Gasteiger partial charge in [-0.3, -0.25) is 4.79 Å². The highest BCUT2D eigenvalue weighted by atomic mass is 35.5. The summed E-state index contributed by atoms with van der Waals surface area (Å²) >= 11 is 5.95. The summed E-state index contributed by atoms with van der Waals surface area (Å²) in [6.45, 7) is 6.22. The third-order valence-corrected chi connectivity index (χ3v) is 4.27. The number of rotatable bonds is 7. The second-order valence-corrected chi connectivity index (χ2v) is 6.38. The molecular weight excluding hydrogens is 330 g/mol. The van der Waals surface area contributed by atoms with Crippen LogP contribution in [0.4, 0.5) is 0 Å². The van der Waals surface area contributed by atoms with Gasteiger partial charge in [0, 0.05) is 18.6 Å². The Morgan fingerprint density at radius 1 is 1.29 bits per heavy atom. The molecule has 7 heteroatoms. The summed E-state index contributed by atoms with van der Waals surface area (Å²) in [4.78, 5) is 17.2. The number of carbonyl (C=O) groups is 1. The van der Waals surface area contributed by atoms with E-state index in [1.54, 1.807) is 21.0 Å². The molecule has 0 N–H and O–H groups in total. The molecule has 0 aliphatic heterocycles. The number of carbonyl (C=O) groups excluding carboxylic acids is 1. The predicted molar refractivity (Wildman–Crippen MR) is 92.7 cm³/mol. The van der Waals surface area contributed by atoms with Crippen LogP contribution in [0.2, 0.25) is 0 Å². The van der Waals surface area contributed by atoms with Crippen LogP contribution in [0.25, 0.3) is 11.4 Å². The van der Waals surface area contributed by atoms with Crippen molar-refractivity contribution < 1.29 is 14.3 Å². The third kappa shape index (κ3) is 3.94. The van der Waals surface area contributed by atoms with E-state index in [1.807, 2.05) is 31.2 Å². The largest absolute Gasteiger partial charge is 0.460 e. The molecule has 0 saturated carbocycles. The first-order valence-electron chi connectivity index (χ1n) is 7.66. The van der Waals surface area contributed by atoms with Gasteiger partial charge in [-0.25, -0.2) is 0 Å². The van der Waals surface area contributed by atoms with Crippen LogP contribution in [0.3, 0.4) is 0 Å². The molecule has 0 unspecified atom stereocenters. The Morgan fingerprint density at radius 3 is 2.62 bits per heavy atom. The molecule has 0 aliphatic carbocycles. The van der Waals surface area contributed by atoms with E-state index in [2.05, 4.69) is 10.1 Å². The molecule has 0 spiro atoms. The SMILES string of the molecule is COCCOc1nc(-c2ccccc2C)n(C(=O)C(C)(C)CCl)n1. The van der Waals surface area contributed by atoms with Crippen LogP contribution in [0.5, 0.6) is 6.01 Å². The summed E-state index contributed by atoms with van der Waals surface area (Å²) in [5.74, 6) is 0.396. The van der Waals surface area contributed by atoms with Crippen molar-refractivity contribution in [2.75, 3.05) is 26.2 Å². The van der Waals surface area contributed by atoms with E-state index in [4.69, 9.17) is 21.1 Å². The van der Waals surface area contributed by atoms with Crippen LogP contribution in [0, 0.1) is 12.3 Å². The fraction of sp³-hybridized carbons (Fsp3) is 0.471. The van der Waals surface area contributed by atoms with Gasteiger partial charge in [-0.15, -0.1) is 16.7 Å². The fourth-order valence-electron chi connectivity index (χ4n) is 2.05. The number of hydrogen-bond acceptors (Lipinski definition) is 5. The van der Waals surface area contributed by atoms with Crippen LogP contribution in [0.1, 0.15) is 24.2 Å². The molecule has 0 atom stereocenters. The van der Waals surface area contributed by atoms with E-state index in [-0.39, 0.29) is 17.8 Å². The fourth-order valence-corrected chi connectivity index (χ4v) is 2.17. The summed E-state index contributed by atoms with van der Waals surface area (Å²) in [7, 11) is 1.58. The maximum atomic E-state index is 12.8. The van der Waals surface area contributed by atoms with Gasteiger partial charge in [0.05, 0.1) is 12.0 Å². The zero-order valence-electron chi connectivity index (χ0n) is 14.4. The molecule has 24 heavy (non-hydrogen) atoms. The Bertz CT molecular complexity index is 713. The minimum Gasteiger partial charge on any atom is -0.460 e. The number of halogens is 1. The molecular formula is C17H22ClN3O3. The Kier molecular flexibility index (Phi) is 5.96. The molecule has 0 radical (unpaired) electrons. The lowest BCUT2D eigenvalue weighted by atomic mass is 9.95. The van der Waals surface area contributed by atoms with E-state index in [0.29, 0.717) is 19.0 Å². The quantitative estimate of drug-likeness (QED) is 0.566. The summed E-state index contributed by atoms with van der Waals surface area (Å²) in [6.07, 6.45) is 0. The van der Waals surface area contributed by atoms with Crippen LogP contribution >= 0.6 is 11.6 Å². The number of nitrogens with zero attached hydrogens (tertiary/aromatic N) is 3. The molecule has 0 bridgehead atoms. The van der Waals surface area contributed by atoms with Crippen LogP contribution in [0.15, 0.2) is 24.3 Å². The number of aromatic nitrogens is 3. The van der Waals surface area contributed by atoms with Gasteiger partial charge in [0.2, 0.25) is 0 Å². The monoisotopic (exact) mass is 351 g/mol. The molecule has 130 valence electrons. The topological polar surface area (TPSA) is 66.2 Å². The van der Waals surface area contributed by atoms with Crippen molar-refractivity contribution in [2.24, 2.45) is 5.41 Å². The summed E-state index contributed by atoms with van der Waals surface area (Å²) in [5.41, 5.74) is 1.05. The van der Waals surface area contributed by atoms with Gasteiger partial charge in [-0.1, -0.05) is 24.3 Å². The number of methoxy groups -OCH3 is 1. The highest BCUT2D eigenvalue weighted by Crippen LogP contribution is 2.27. The first-order chi connectivity index (χ1) is 11.4. The molecule has 1 aromatic heterocycles. The van der Waals surface area contributed by atoms with Gasteiger partial charge in [-0.05, 0) is 26.3 Å². The zero-order chi connectivity index (χ0) is 17.7. The van der Waals surface area contributed by atoms with E-state index in [9.17, 15) is 4.79 Å².